The molecule has 0 saturated carbocycles. The molecule has 0 fully saturated rings. The number of ether oxygens (including phenoxy) is 1. The van der Waals surface area contributed by atoms with E-state index in [4.69, 9.17) is 9.84 Å². The van der Waals surface area contributed by atoms with Crippen LogP contribution in [0.15, 0.2) is 0 Å². The second-order valence-electron chi connectivity index (χ2n) is 4.32. The third-order valence-electron chi connectivity index (χ3n) is 2.66. The number of carbonyl (C=O) groups excluding carboxylic acids is 1. The van der Waals surface area contributed by atoms with Crippen LogP contribution in [-0.2, 0) is 4.74 Å². The molecule has 106 valence electrons. The van der Waals surface area contributed by atoms with Crippen molar-refractivity contribution in [2.75, 3.05) is 13.2 Å². The zero-order valence-corrected chi connectivity index (χ0v) is 11.5. The Bertz CT molecular complexity index is 243. The zero-order chi connectivity index (χ0) is 13.8. The fraction of sp³-hybridized carbons (Fsp3) is 0.846. The van der Waals surface area contributed by atoms with Crippen molar-refractivity contribution in [3.05, 3.63) is 0 Å². The molecule has 0 aliphatic rings. The highest BCUT2D eigenvalue weighted by atomic mass is 16.6. The van der Waals surface area contributed by atoms with Crippen molar-refractivity contribution in [2.45, 2.75) is 58.8 Å². The van der Waals surface area contributed by atoms with Gasteiger partial charge in [0.25, 0.3) is 0 Å². The number of hydrogen-bond donors (Lipinski definition) is 1. The number of rotatable bonds is 9. The predicted molar refractivity (Wildman–Crippen MR) is 69.7 cm³/mol. The first-order valence-corrected chi connectivity index (χ1v) is 6.80. The Morgan fingerprint density at radius 3 is 2.17 bits per heavy atom. The van der Waals surface area contributed by atoms with Gasteiger partial charge in [0.05, 0.1) is 6.61 Å². The summed E-state index contributed by atoms with van der Waals surface area (Å²) in [6.45, 7) is 4.65. The summed E-state index contributed by atoms with van der Waals surface area (Å²) in [5, 5.41) is 8.91. The molecule has 0 heterocycles. The lowest BCUT2D eigenvalue weighted by molar-refractivity contribution is 0.0925. The fourth-order valence-corrected chi connectivity index (χ4v) is 1.55. The number of hydrogen-bond acceptors (Lipinski definition) is 3. The van der Waals surface area contributed by atoms with Crippen LogP contribution in [0.5, 0.6) is 0 Å². The maximum absolute atomic E-state index is 11.5. The maximum Gasteiger partial charge on any atom is 0.419 e. The van der Waals surface area contributed by atoms with Crippen molar-refractivity contribution in [3.63, 3.8) is 0 Å². The van der Waals surface area contributed by atoms with Crippen LogP contribution in [0.1, 0.15) is 58.8 Å². The normalized spacial score (nSPS) is 10.1. The van der Waals surface area contributed by atoms with Crippen LogP contribution in [0, 0.1) is 0 Å². The molecule has 0 aliphatic carbocycles. The zero-order valence-electron chi connectivity index (χ0n) is 11.5. The number of carboxylic acid groups (broad SMARTS) is 1. The molecule has 5 heteroatoms. The van der Waals surface area contributed by atoms with E-state index in [1.54, 1.807) is 0 Å². The third-order valence-corrected chi connectivity index (χ3v) is 2.66. The molecule has 2 amide bonds. The van der Waals surface area contributed by atoms with Gasteiger partial charge < -0.3 is 9.84 Å². The van der Waals surface area contributed by atoms with Gasteiger partial charge in [-0.05, 0) is 12.8 Å². The van der Waals surface area contributed by atoms with Crippen molar-refractivity contribution in [1.29, 1.82) is 0 Å². The van der Waals surface area contributed by atoms with Gasteiger partial charge >= 0.3 is 12.2 Å². The molecule has 0 aromatic rings. The van der Waals surface area contributed by atoms with Gasteiger partial charge in [-0.25, -0.2) is 14.5 Å². The fourth-order valence-electron chi connectivity index (χ4n) is 1.55. The number of unbranched alkanes of at least 4 members (excludes halogenated alkanes) is 5. The van der Waals surface area contributed by atoms with Crippen molar-refractivity contribution >= 4 is 12.2 Å². The van der Waals surface area contributed by atoms with E-state index in [0.29, 0.717) is 13.0 Å². The van der Waals surface area contributed by atoms with Gasteiger partial charge in [-0.3, -0.25) is 0 Å². The smallest absolute Gasteiger partial charge is 0.419 e. The van der Waals surface area contributed by atoms with Gasteiger partial charge in [0, 0.05) is 6.54 Å². The highest BCUT2D eigenvalue weighted by molar-refractivity contribution is 5.86. The molecule has 0 bridgehead atoms. The van der Waals surface area contributed by atoms with Crippen LogP contribution >= 0.6 is 0 Å². The van der Waals surface area contributed by atoms with E-state index in [9.17, 15) is 9.59 Å². The first-order chi connectivity index (χ1) is 8.63. The maximum atomic E-state index is 11.5. The van der Waals surface area contributed by atoms with E-state index >= 15 is 0 Å². The first-order valence-electron chi connectivity index (χ1n) is 6.80. The number of carbonyl (C=O) groups is 2. The first kappa shape index (κ1) is 16.7. The summed E-state index contributed by atoms with van der Waals surface area (Å²) in [6, 6.07) is 0. The minimum Gasteiger partial charge on any atom is -0.465 e. The SMILES string of the molecule is CCCCCCOC(=O)N(CCCCC)C(=O)O. The van der Waals surface area contributed by atoms with Crippen LogP contribution in [0.2, 0.25) is 0 Å². The molecule has 0 aromatic carbocycles. The highest BCUT2D eigenvalue weighted by Gasteiger charge is 2.21. The van der Waals surface area contributed by atoms with Crippen LogP contribution in [0.3, 0.4) is 0 Å². The van der Waals surface area contributed by atoms with E-state index in [1.807, 2.05) is 6.92 Å². The quantitative estimate of drug-likeness (QED) is 0.638. The van der Waals surface area contributed by atoms with Gasteiger partial charge in [-0.2, -0.15) is 0 Å². The molecule has 0 rings (SSSR count). The molecule has 5 nitrogen and oxygen atoms in total. The van der Waals surface area contributed by atoms with Gasteiger partial charge in [0.1, 0.15) is 0 Å². The molecular weight excluding hydrogens is 234 g/mol. The molecule has 0 atom stereocenters. The second kappa shape index (κ2) is 10.9. The van der Waals surface area contributed by atoms with Crippen LogP contribution < -0.4 is 0 Å². The highest BCUT2D eigenvalue weighted by Crippen LogP contribution is 2.04. The van der Waals surface area contributed by atoms with Gasteiger partial charge in [-0.1, -0.05) is 46.0 Å². The molecule has 18 heavy (non-hydrogen) atoms. The van der Waals surface area contributed by atoms with E-state index in [-0.39, 0.29) is 6.54 Å². The Morgan fingerprint density at radius 2 is 1.61 bits per heavy atom. The Morgan fingerprint density at radius 1 is 1.00 bits per heavy atom. The summed E-state index contributed by atoms with van der Waals surface area (Å²) < 4.78 is 4.95. The van der Waals surface area contributed by atoms with Gasteiger partial charge in [-0.15, -0.1) is 0 Å². The van der Waals surface area contributed by atoms with Crippen LogP contribution in [0.4, 0.5) is 9.59 Å². The summed E-state index contributed by atoms with van der Waals surface area (Å²) in [4.78, 5) is 23.2. The van der Waals surface area contributed by atoms with Crippen LogP contribution in [0.25, 0.3) is 0 Å². The van der Waals surface area contributed by atoms with E-state index < -0.39 is 12.2 Å². The van der Waals surface area contributed by atoms with Crippen LogP contribution in [-0.4, -0.2) is 35.3 Å². The lowest BCUT2D eigenvalue weighted by atomic mass is 10.2. The predicted octanol–water partition coefficient (Wildman–Crippen LogP) is 3.87. The van der Waals surface area contributed by atoms with Crippen molar-refractivity contribution in [2.24, 2.45) is 0 Å². The molecule has 0 aromatic heterocycles. The minimum absolute atomic E-state index is 0.219. The summed E-state index contributed by atoms with van der Waals surface area (Å²) in [5.41, 5.74) is 0. The van der Waals surface area contributed by atoms with E-state index in [0.717, 1.165) is 43.4 Å². The Kier molecular flexibility index (Phi) is 10.1. The average molecular weight is 259 g/mol. The monoisotopic (exact) mass is 259 g/mol. The number of amides is 2. The summed E-state index contributed by atoms with van der Waals surface area (Å²) >= 11 is 0. The number of imide groups is 1. The summed E-state index contributed by atoms with van der Waals surface area (Å²) in [6.07, 6.45) is 4.64. The topological polar surface area (TPSA) is 66.8 Å². The summed E-state index contributed by atoms with van der Waals surface area (Å²) in [5.74, 6) is 0. The minimum atomic E-state index is -1.23. The van der Waals surface area contributed by atoms with Crippen molar-refractivity contribution in [1.82, 2.24) is 4.90 Å². The van der Waals surface area contributed by atoms with Crippen molar-refractivity contribution in [3.8, 4) is 0 Å². The second-order valence-corrected chi connectivity index (χ2v) is 4.32. The van der Waals surface area contributed by atoms with E-state index in [1.165, 1.54) is 0 Å². The number of nitrogens with zero attached hydrogens (tertiary/aromatic N) is 1. The molecular formula is C13H25NO4. The molecule has 1 N–H and O–H groups in total. The molecule has 0 radical (unpaired) electrons. The lowest BCUT2D eigenvalue weighted by Crippen LogP contribution is -2.37. The van der Waals surface area contributed by atoms with Crippen molar-refractivity contribution < 1.29 is 19.4 Å². The molecule has 0 aliphatic heterocycles. The van der Waals surface area contributed by atoms with E-state index in [2.05, 4.69) is 6.92 Å². The van der Waals surface area contributed by atoms with Gasteiger partial charge in [0.2, 0.25) is 0 Å². The lowest BCUT2D eigenvalue weighted by Gasteiger charge is -2.16. The largest absolute Gasteiger partial charge is 0.465 e. The Hall–Kier alpha value is -1.26. The average Bonchev–Trinajstić information content (AvgIpc) is 2.33. The molecule has 0 saturated heterocycles. The molecule has 0 spiro atoms. The molecule has 0 unspecified atom stereocenters. The summed E-state index contributed by atoms with van der Waals surface area (Å²) in [7, 11) is 0. The standard InChI is InChI=1S/C13H25NO4/c1-3-5-7-9-11-18-13(17)14(12(15)16)10-8-6-4-2/h3-11H2,1-2H3,(H,15,16). The Balaban J connectivity index is 3.88. The van der Waals surface area contributed by atoms with Gasteiger partial charge in [0.15, 0.2) is 0 Å². The Labute approximate surface area is 109 Å². The third kappa shape index (κ3) is 7.92.